The van der Waals surface area contributed by atoms with Crippen LogP contribution < -0.4 is 0 Å². The van der Waals surface area contributed by atoms with Crippen LogP contribution in [0.2, 0.25) is 0 Å². The molecular formula is C20H25FN2O3. The zero-order valence-corrected chi connectivity index (χ0v) is 15.5. The first-order chi connectivity index (χ1) is 12.1. The topological polar surface area (TPSA) is 73.6 Å². The van der Waals surface area contributed by atoms with Crippen molar-refractivity contribution in [2.24, 2.45) is 0 Å². The number of nitriles is 1. The first-order valence-corrected chi connectivity index (χ1v) is 9.07. The summed E-state index contributed by atoms with van der Waals surface area (Å²) in [6.45, 7) is 5.51. The summed E-state index contributed by atoms with van der Waals surface area (Å²) < 4.78 is 19.2. The zero-order chi connectivity index (χ0) is 19.1. The van der Waals surface area contributed by atoms with Crippen LogP contribution in [0.25, 0.3) is 0 Å². The number of carbonyl (C=O) groups excluding carboxylic acids is 1. The van der Waals surface area contributed by atoms with Crippen LogP contribution in [-0.2, 0) is 10.3 Å². The Bertz CT molecular complexity index is 736. The Hall–Kier alpha value is -2.13. The van der Waals surface area contributed by atoms with Gasteiger partial charge in [0.15, 0.2) is 0 Å². The summed E-state index contributed by atoms with van der Waals surface area (Å²) in [5.74, 6) is -0.591. The molecule has 0 radical (unpaired) electrons. The molecule has 5 nitrogen and oxygen atoms in total. The Morgan fingerprint density at radius 2 is 1.96 bits per heavy atom. The van der Waals surface area contributed by atoms with Crippen LogP contribution in [0.1, 0.15) is 64.0 Å². The summed E-state index contributed by atoms with van der Waals surface area (Å²) in [5, 5.41) is 20.3. The predicted octanol–water partition coefficient (Wildman–Crippen LogP) is 3.84. The standard InChI is InChI=1S/C20H25FN2O3/c1-19(2,3)26-18(24)23-15-5-4-6-16(23)11-20(25,10-15)14-7-8-17(21)13(9-14)12-22/h7-9,15-16,25H,4-6,10-11H2,1-3H3. The van der Waals surface area contributed by atoms with Gasteiger partial charge in [0.05, 0.1) is 11.2 Å². The lowest BCUT2D eigenvalue weighted by molar-refractivity contribution is -0.0965. The number of fused-ring (bicyclic) bond motifs is 2. The zero-order valence-electron chi connectivity index (χ0n) is 15.5. The van der Waals surface area contributed by atoms with Crippen LogP contribution in [0.15, 0.2) is 18.2 Å². The molecule has 0 aromatic heterocycles. The summed E-state index contributed by atoms with van der Waals surface area (Å²) in [5.41, 5.74) is -1.28. The van der Waals surface area contributed by atoms with Gasteiger partial charge in [0.2, 0.25) is 0 Å². The average molecular weight is 360 g/mol. The van der Waals surface area contributed by atoms with Gasteiger partial charge in [-0.05, 0) is 57.7 Å². The summed E-state index contributed by atoms with van der Waals surface area (Å²) in [6.07, 6.45) is 2.97. The molecule has 2 heterocycles. The molecule has 2 atom stereocenters. The molecule has 1 aromatic carbocycles. The molecule has 1 aromatic rings. The van der Waals surface area contributed by atoms with Gasteiger partial charge in [0.1, 0.15) is 17.5 Å². The van der Waals surface area contributed by atoms with E-state index in [0.29, 0.717) is 18.4 Å². The van der Waals surface area contributed by atoms with E-state index in [2.05, 4.69) is 0 Å². The Kier molecular flexibility index (Phi) is 4.70. The molecule has 26 heavy (non-hydrogen) atoms. The third-order valence-electron chi connectivity index (χ3n) is 5.24. The van der Waals surface area contributed by atoms with Crippen LogP contribution in [0, 0.1) is 17.1 Å². The second-order valence-electron chi connectivity index (χ2n) is 8.37. The molecule has 0 saturated carbocycles. The largest absolute Gasteiger partial charge is 0.444 e. The normalized spacial score (nSPS) is 28.4. The van der Waals surface area contributed by atoms with E-state index >= 15 is 0 Å². The third kappa shape index (κ3) is 3.54. The molecule has 2 saturated heterocycles. The van der Waals surface area contributed by atoms with Crippen LogP contribution in [-0.4, -0.2) is 33.8 Å². The fourth-order valence-electron chi connectivity index (χ4n) is 4.18. The molecule has 1 amide bonds. The third-order valence-corrected chi connectivity index (χ3v) is 5.24. The van der Waals surface area contributed by atoms with E-state index in [1.807, 2.05) is 26.8 Å². The van der Waals surface area contributed by atoms with E-state index in [-0.39, 0.29) is 23.7 Å². The van der Waals surface area contributed by atoms with Crippen molar-refractivity contribution in [3.63, 3.8) is 0 Å². The highest BCUT2D eigenvalue weighted by molar-refractivity contribution is 5.69. The molecule has 6 heteroatoms. The van der Waals surface area contributed by atoms with Crippen molar-refractivity contribution in [3.05, 3.63) is 35.1 Å². The van der Waals surface area contributed by atoms with Gasteiger partial charge in [-0.15, -0.1) is 0 Å². The number of halogens is 1. The van der Waals surface area contributed by atoms with Gasteiger partial charge in [-0.3, -0.25) is 0 Å². The molecule has 0 aliphatic carbocycles. The highest BCUT2D eigenvalue weighted by atomic mass is 19.1. The summed E-state index contributed by atoms with van der Waals surface area (Å²) in [6, 6.07) is 5.76. The van der Waals surface area contributed by atoms with E-state index in [9.17, 15) is 14.3 Å². The van der Waals surface area contributed by atoms with E-state index in [1.54, 1.807) is 4.90 Å². The van der Waals surface area contributed by atoms with E-state index < -0.39 is 17.0 Å². The summed E-state index contributed by atoms with van der Waals surface area (Å²) >= 11 is 0. The number of aliphatic hydroxyl groups is 1. The smallest absolute Gasteiger partial charge is 0.410 e. The van der Waals surface area contributed by atoms with Crippen molar-refractivity contribution in [3.8, 4) is 6.07 Å². The van der Waals surface area contributed by atoms with Gasteiger partial charge < -0.3 is 14.7 Å². The number of hydrogen-bond acceptors (Lipinski definition) is 4. The van der Waals surface area contributed by atoms with Crippen LogP contribution >= 0.6 is 0 Å². The number of piperidine rings is 2. The van der Waals surface area contributed by atoms with Gasteiger partial charge in [-0.25, -0.2) is 9.18 Å². The predicted molar refractivity (Wildman–Crippen MR) is 93.7 cm³/mol. The molecule has 2 aliphatic rings. The Morgan fingerprint density at radius 1 is 1.35 bits per heavy atom. The molecule has 2 unspecified atom stereocenters. The average Bonchev–Trinajstić information content (AvgIpc) is 2.52. The van der Waals surface area contributed by atoms with Crippen molar-refractivity contribution >= 4 is 6.09 Å². The molecule has 2 fully saturated rings. The highest BCUT2D eigenvalue weighted by Gasteiger charge is 2.49. The monoisotopic (exact) mass is 360 g/mol. The van der Waals surface area contributed by atoms with E-state index in [0.717, 1.165) is 19.3 Å². The molecule has 140 valence electrons. The van der Waals surface area contributed by atoms with Crippen molar-refractivity contribution in [1.82, 2.24) is 4.90 Å². The first kappa shape index (κ1) is 18.7. The van der Waals surface area contributed by atoms with Gasteiger partial charge >= 0.3 is 6.09 Å². The van der Waals surface area contributed by atoms with Gasteiger partial charge in [-0.1, -0.05) is 6.07 Å². The number of nitrogens with zero attached hydrogens (tertiary/aromatic N) is 2. The van der Waals surface area contributed by atoms with Crippen molar-refractivity contribution in [1.29, 1.82) is 5.26 Å². The number of carbonyl (C=O) groups is 1. The van der Waals surface area contributed by atoms with Crippen LogP contribution in [0.4, 0.5) is 9.18 Å². The number of hydrogen-bond donors (Lipinski definition) is 1. The first-order valence-electron chi connectivity index (χ1n) is 9.07. The SMILES string of the molecule is CC(C)(C)OC(=O)N1C2CCCC1CC(O)(c1ccc(F)c(C#N)c1)C2. The highest BCUT2D eigenvalue weighted by Crippen LogP contribution is 2.45. The van der Waals surface area contributed by atoms with Gasteiger partial charge in [0.25, 0.3) is 0 Å². The maximum Gasteiger partial charge on any atom is 0.410 e. The van der Waals surface area contributed by atoms with E-state index in [1.165, 1.54) is 18.2 Å². The fraction of sp³-hybridized carbons (Fsp3) is 0.600. The molecule has 2 aliphatic heterocycles. The second kappa shape index (κ2) is 6.55. The van der Waals surface area contributed by atoms with Crippen LogP contribution in [0.5, 0.6) is 0 Å². The Balaban J connectivity index is 1.87. The molecular weight excluding hydrogens is 335 g/mol. The van der Waals surface area contributed by atoms with Gasteiger partial charge in [-0.2, -0.15) is 5.26 Å². The van der Waals surface area contributed by atoms with Gasteiger partial charge in [0, 0.05) is 24.9 Å². The number of amides is 1. The van der Waals surface area contributed by atoms with Crippen molar-refractivity contribution in [2.45, 2.75) is 76.2 Å². The Morgan fingerprint density at radius 3 is 2.50 bits per heavy atom. The minimum atomic E-state index is -1.17. The molecule has 2 bridgehead atoms. The summed E-state index contributed by atoms with van der Waals surface area (Å²) in [4.78, 5) is 14.4. The number of ether oxygens (including phenoxy) is 1. The van der Waals surface area contributed by atoms with E-state index in [4.69, 9.17) is 10.00 Å². The minimum absolute atomic E-state index is 0.0735. The van der Waals surface area contributed by atoms with Crippen molar-refractivity contribution < 1.29 is 19.0 Å². The summed E-state index contributed by atoms with van der Waals surface area (Å²) in [7, 11) is 0. The molecule has 3 rings (SSSR count). The van der Waals surface area contributed by atoms with Crippen molar-refractivity contribution in [2.75, 3.05) is 0 Å². The lowest BCUT2D eigenvalue weighted by Crippen LogP contribution is -2.59. The lowest BCUT2D eigenvalue weighted by atomic mass is 9.72. The second-order valence-corrected chi connectivity index (χ2v) is 8.37. The lowest BCUT2D eigenvalue weighted by Gasteiger charge is -2.51. The quantitative estimate of drug-likeness (QED) is 0.826. The maximum absolute atomic E-state index is 13.6. The van der Waals surface area contributed by atoms with Crippen LogP contribution in [0.3, 0.4) is 0 Å². The minimum Gasteiger partial charge on any atom is -0.444 e. The number of rotatable bonds is 1. The maximum atomic E-state index is 13.6. The number of benzene rings is 1. The fourth-order valence-corrected chi connectivity index (χ4v) is 4.18. The molecule has 0 spiro atoms. The molecule has 1 N–H and O–H groups in total. The Labute approximate surface area is 153 Å².